The molecule has 5 N–H and O–H groups in total. The Morgan fingerprint density at radius 1 is 1.57 bits per heavy atom. The predicted octanol–water partition coefficient (Wildman–Crippen LogP) is -0.893. The molecule has 2 aromatic rings. The summed E-state index contributed by atoms with van der Waals surface area (Å²) in [7, 11) is 0. The van der Waals surface area contributed by atoms with Crippen molar-refractivity contribution in [1.82, 2.24) is 9.97 Å². The Balaban J connectivity index is 2.29. The van der Waals surface area contributed by atoms with E-state index in [-0.39, 0.29) is 18.0 Å². The lowest BCUT2D eigenvalue weighted by Gasteiger charge is -2.35. The number of nitrogens with zero attached hydrogens (tertiary/aromatic N) is 3. The molecule has 8 nitrogen and oxygen atoms in total. The van der Waals surface area contributed by atoms with Crippen LogP contribution in [0.25, 0.3) is 10.2 Å². The lowest BCUT2D eigenvalue weighted by molar-refractivity contribution is -0.134. The molecule has 9 heteroatoms. The minimum absolute atomic E-state index is 0.192. The van der Waals surface area contributed by atoms with Crippen LogP contribution in [0.1, 0.15) is 5.56 Å². The van der Waals surface area contributed by atoms with Crippen molar-refractivity contribution < 1.29 is 20.1 Å². The SMILES string of the molecule is N#C[C@]1(CO)OC[C@@H](O)[C@@]1(O)c1csc2c(N)ncnc12. The number of ether oxygens (including phenoxy) is 1. The van der Waals surface area contributed by atoms with E-state index in [1.165, 1.54) is 23.0 Å². The van der Waals surface area contributed by atoms with Gasteiger partial charge in [-0.3, -0.25) is 0 Å². The van der Waals surface area contributed by atoms with Crippen molar-refractivity contribution in [2.24, 2.45) is 0 Å². The number of nitrogen functional groups attached to an aromatic ring is 1. The first kappa shape index (κ1) is 14.1. The van der Waals surface area contributed by atoms with E-state index in [9.17, 15) is 20.6 Å². The number of hydrogen-bond donors (Lipinski definition) is 4. The molecule has 1 aliphatic heterocycles. The van der Waals surface area contributed by atoms with E-state index in [4.69, 9.17) is 10.5 Å². The maximum atomic E-state index is 11.0. The van der Waals surface area contributed by atoms with Crippen molar-refractivity contribution in [2.75, 3.05) is 18.9 Å². The van der Waals surface area contributed by atoms with E-state index in [2.05, 4.69) is 9.97 Å². The fraction of sp³-hybridized carbons (Fsp3) is 0.417. The highest BCUT2D eigenvalue weighted by molar-refractivity contribution is 7.18. The summed E-state index contributed by atoms with van der Waals surface area (Å²) in [6.45, 7) is -1.04. The maximum Gasteiger partial charge on any atom is 0.212 e. The number of nitrogens with two attached hydrogens (primary N) is 1. The molecule has 0 spiro atoms. The number of aliphatic hydroxyl groups is 3. The van der Waals surface area contributed by atoms with Crippen molar-refractivity contribution in [3.05, 3.63) is 17.3 Å². The van der Waals surface area contributed by atoms with Crippen molar-refractivity contribution >= 4 is 27.4 Å². The molecular formula is C12H12N4O4S. The molecule has 0 saturated carbocycles. The predicted molar refractivity (Wildman–Crippen MR) is 73.1 cm³/mol. The summed E-state index contributed by atoms with van der Waals surface area (Å²) >= 11 is 1.18. The molecular weight excluding hydrogens is 296 g/mol. The molecule has 0 unspecified atom stereocenters. The zero-order chi connectivity index (χ0) is 15.3. The van der Waals surface area contributed by atoms with Crippen LogP contribution in [0.4, 0.5) is 5.82 Å². The molecule has 110 valence electrons. The molecule has 3 atom stereocenters. The molecule has 2 aromatic heterocycles. The van der Waals surface area contributed by atoms with Crippen LogP contribution in [-0.2, 0) is 10.3 Å². The number of rotatable bonds is 2. The molecule has 0 radical (unpaired) electrons. The smallest absolute Gasteiger partial charge is 0.212 e. The number of aliphatic hydroxyl groups excluding tert-OH is 2. The summed E-state index contributed by atoms with van der Waals surface area (Å²) in [5.74, 6) is 0.236. The van der Waals surface area contributed by atoms with Crippen LogP contribution in [0.3, 0.4) is 0 Å². The van der Waals surface area contributed by atoms with Crippen molar-refractivity contribution in [3.8, 4) is 6.07 Å². The fourth-order valence-electron chi connectivity index (χ4n) is 2.58. The van der Waals surface area contributed by atoms with Crippen LogP contribution in [-0.4, -0.2) is 50.2 Å². The van der Waals surface area contributed by atoms with E-state index in [0.29, 0.717) is 10.2 Å². The van der Waals surface area contributed by atoms with Gasteiger partial charge in [-0.15, -0.1) is 11.3 Å². The van der Waals surface area contributed by atoms with Gasteiger partial charge in [0.15, 0.2) is 5.60 Å². The van der Waals surface area contributed by atoms with Crippen LogP contribution >= 0.6 is 11.3 Å². The molecule has 0 amide bonds. The minimum Gasteiger partial charge on any atom is -0.392 e. The zero-order valence-electron chi connectivity index (χ0n) is 10.7. The van der Waals surface area contributed by atoms with E-state index < -0.39 is 23.9 Å². The normalized spacial score (nSPS) is 32.4. The second-order valence-electron chi connectivity index (χ2n) is 4.78. The summed E-state index contributed by atoms with van der Waals surface area (Å²) < 4.78 is 5.72. The lowest BCUT2D eigenvalue weighted by Crippen LogP contribution is -2.55. The second-order valence-corrected chi connectivity index (χ2v) is 5.66. The van der Waals surface area contributed by atoms with E-state index in [0.717, 1.165) is 0 Å². The van der Waals surface area contributed by atoms with Gasteiger partial charge in [-0.25, -0.2) is 9.97 Å². The Bertz CT molecular complexity index is 744. The van der Waals surface area contributed by atoms with Gasteiger partial charge >= 0.3 is 0 Å². The highest BCUT2D eigenvalue weighted by atomic mass is 32.1. The average Bonchev–Trinajstić information content (AvgIpc) is 3.03. The molecule has 1 fully saturated rings. The van der Waals surface area contributed by atoms with Crippen LogP contribution in [0, 0.1) is 11.3 Å². The number of anilines is 1. The Morgan fingerprint density at radius 3 is 3.00 bits per heavy atom. The second kappa shape index (κ2) is 4.59. The number of hydrogen-bond acceptors (Lipinski definition) is 9. The van der Waals surface area contributed by atoms with Crippen LogP contribution in [0.15, 0.2) is 11.7 Å². The molecule has 3 rings (SSSR count). The first-order valence-corrected chi connectivity index (χ1v) is 6.93. The first-order valence-electron chi connectivity index (χ1n) is 6.05. The van der Waals surface area contributed by atoms with Crippen LogP contribution in [0.5, 0.6) is 0 Å². The highest BCUT2D eigenvalue weighted by Gasteiger charge is 2.63. The monoisotopic (exact) mass is 308 g/mol. The molecule has 0 aliphatic carbocycles. The van der Waals surface area contributed by atoms with Crippen molar-refractivity contribution in [1.29, 1.82) is 5.26 Å². The van der Waals surface area contributed by atoms with E-state index >= 15 is 0 Å². The number of nitriles is 1. The van der Waals surface area contributed by atoms with E-state index in [1.54, 1.807) is 6.07 Å². The van der Waals surface area contributed by atoms with Gasteiger partial charge in [-0.05, 0) is 0 Å². The summed E-state index contributed by atoms with van der Waals surface area (Å²) in [6, 6.07) is 1.76. The number of aromatic nitrogens is 2. The van der Waals surface area contributed by atoms with E-state index in [1.807, 2.05) is 0 Å². The van der Waals surface area contributed by atoms with Gasteiger partial charge in [-0.2, -0.15) is 5.26 Å². The van der Waals surface area contributed by atoms with Crippen LogP contribution in [0.2, 0.25) is 0 Å². The van der Waals surface area contributed by atoms with Gasteiger partial charge in [0, 0.05) is 10.9 Å². The molecule has 21 heavy (non-hydrogen) atoms. The fourth-order valence-corrected chi connectivity index (χ4v) is 3.55. The molecule has 1 aliphatic rings. The quantitative estimate of drug-likeness (QED) is 0.559. The Hall–Kier alpha value is -1.83. The van der Waals surface area contributed by atoms with Gasteiger partial charge in [0.25, 0.3) is 0 Å². The highest BCUT2D eigenvalue weighted by Crippen LogP contribution is 2.47. The third-order valence-electron chi connectivity index (χ3n) is 3.78. The average molecular weight is 308 g/mol. The Labute approximate surface area is 123 Å². The van der Waals surface area contributed by atoms with Gasteiger partial charge < -0.3 is 25.8 Å². The minimum atomic E-state index is -2.10. The topological polar surface area (TPSA) is 146 Å². The third-order valence-corrected chi connectivity index (χ3v) is 4.77. The summed E-state index contributed by atoms with van der Waals surface area (Å²) in [5, 5.41) is 41.5. The largest absolute Gasteiger partial charge is 0.392 e. The lowest BCUT2D eigenvalue weighted by atomic mass is 9.77. The first-order chi connectivity index (χ1) is 10.00. The molecule has 0 bridgehead atoms. The maximum absolute atomic E-state index is 11.0. The molecule has 1 saturated heterocycles. The third kappa shape index (κ3) is 1.62. The van der Waals surface area contributed by atoms with Gasteiger partial charge in [0.1, 0.15) is 24.3 Å². The number of thiophene rings is 1. The molecule has 0 aromatic carbocycles. The summed E-state index contributed by atoms with van der Waals surface area (Å²) in [6.07, 6.45) is -0.148. The summed E-state index contributed by atoms with van der Waals surface area (Å²) in [4.78, 5) is 7.91. The Kier molecular flexibility index (Phi) is 3.09. The zero-order valence-corrected chi connectivity index (χ0v) is 11.5. The Morgan fingerprint density at radius 2 is 2.33 bits per heavy atom. The van der Waals surface area contributed by atoms with Gasteiger partial charge in [-0.1, -0.05) is 0 Å². The molecule has 3 heterocycles. The van der Waals surface area contributed by atoms with Crippen molar-refractivity contribution in [3.63, 3.8) is 0 Å². The number of fused-ring (bicyclic) bond motifs is 1. The van der Waals surface area contributed by atoms with Gasteiger partial charge in [0.2, 0.25) is 5.60 Å². The van der Waals surface area contributed by atoms with Crippen molar-refractivity contribution in [2.45, 2.75) is 17.3 Å². The van der Waals surface area contributed by atoms with Gasteiger partial charge in [0.05, 0.1) is 23.4 Å². The standard InChI is InChI=1S/C12H12N4O4S/c13-3-11(4-17)12(19,7(18)1-20-11)6-2-21-9-8(6)15-5-16-10(9)14/h2,5,7,17-19H,1,4H2,(H2,14,15,16)/t7-,11-,12+/m1/s1. The summed E-state index contributed by atoms with van der Waals surface area (Å²) in [5.41, 5.74) is 2.21. The van der Waals surface area contributed by atoms with Crippen LogP contribution < -0.4 is 5.73 Å².